The predicted octanol–water partition coefficient (Wildman–Crippen LogP) is 4.38. The van der Waals surface area contributed by atoms with Crippen molar-refractivity contribution < 1.29 is 20.4 Å². The van der Waals surface area contributed by atoms with Crippen molar-refractivity contribution in [2.45, 2.75) is 110 Å². The van der Waals surface area contributed by atoms with Crippen molar-refractivity contribution in [3.8, 4) is 0 Å². The van der Waals surface area contributed by atoms with Crippen molar-refractivity contribution in [1.82, 2.24) is 0 Å². The molecule has 4 fully saturated rings. The van der Waals surface area contributed by atoms with E-state index in [0.29, 0.717) is 46.3 Å². The zero-order chi connectivity index (χ0) is 22.6. The van der Waals surface area contributed by atoms with Crippen molar-refractivity contribution in [3.05, 3.63) is 0 Å². The molecule has 4 aliphatic carbocycles. The number of hydrogen-bond acceptors (Lipinski definition) is 4. The van der Waals surface area contributed by atoms with Crippen LogP contribution in [0.2, 0.25) is 0 Å². The Hall–Kier alpha value is -0.160. The average Bonchev–Trinajstić information content (AvgIpc) is 3.09. The fourth-order valence-corrected chi connectivity index (χ4v) is 9.22. The maximum Gasteiger partial charge on any atom is 0.0587 e. The number of aliphatic hydroxyl groups is 4. The summed E-state index contributed by atoms with van der Waals surface area (Å²) in [5, 5.41) is 41.3. The van der Waals surface area contributed by atoms with Crippen molar-refractivity contribution in [2.24, 2.45) is 52.3 Å². The lowest BCUT2D eigenvalue weighted by atomic mass is 9.43. The second kappa shape index (κ2) is 8.89. The average molecular weight is 437 g/mol. The summed E-state index contributed by atoms with van der Waals surface area (Å²) in [6, 6.07) is 0. The molecule has 0 aromatic carbocycles. The Morgan fingerprint density at radius 1 is 0.871 bits per heavy atom. The molecular formula is C27H48O4. The second-order valence-corrected chi connectivity index (χ2v) is 12.7. The number of aliphatic hydroxyl groups excluding tert-OH is 4. The van der Waals surface area contributed by atoms with Gasteiger partial charge in [-0.1, -0.05) is 27.7 Å². The van der Waals surface area contributed by atoms with Crippen LogP contribution in [0.25, 0.3) is 0 Å². The lowest BCUT2D eigenvalue weighted by Crippen LogP contribution is -2.58. The molecule has 0 saturated heterocycles. The lowest BCUT2D eigenvalue weighted by molar-refractivity contribution is -0.174. The quantitative estimate of drug-likeness (QED) is 0.498. The summed E-state index contributed by atoms with van der Waals surface area (Å²) in [5.41, 5.74) is 0.588. The largest absolute Gasteiger partial charge is 0.396 e. The molecule has 4 N–H and O–H groups in total. The fraction of sp³-hybridized carbons (Fsp3) is 1.00. The van der Waals surface area contributed by atoms with Crippen LogP contribution in [0.5, 0.6) is 0 Å². The minimum atomic E-state index is -0.410. The van der Waals surface area contributed by atoms with Crippen LogP contribution < -0.4 is 0 Å². The molecule has 31 heavy (non-hydrogen) atoms. The monoisotopic (exact) mass is 436 g/mol. The molecule has 0 radical (unpaired) electrons. The van der Waals surface area contributed by atoms with Gasteiger partial charge in [0.05, 0.1) is 18.3 Å². The second-order valence-electron chi connectivity index (χ2n) is 12.7. The van der Waals surface area contributed by atoms with Crippen molar-refractivity contribution >= 4 is 0 Å². The van der Waals surface area contributed by atoms with Crippen LogP contribution in [0, 0.1) is 52.3 Å². The predicted molar refractivity (Wildman–Crippen MR) is 123 cm³/mol. The molecule has 4 nitrogen and oxygen atoms in total. The number of rotatable bonds is 6. The van der Waals surface area contributed by atoms with E-state index in [-0.39, 0.29) is 24.7 Å². The topological polar surface area (TPSA) is 80.9 Å². The first-order valence-electron chi connectivity index (χ1n) is 13.3. The van der Waals surface area contributed by atoms with Gasteiger partial charge in [0.25, 0.3) is 0 Å². The minimum absolute atomic E-state index is 0.0466. The standard InChI is InChI=1S/C27H48O4/c1-16(5-8-23(30)17(2)15-28)20-6-7-21-25-22(10-12-27(20,21)4)26(3)11-9-19(29)13-18(26)14-24(25)31/h16-25,28-31H,5-15H2,1-4H3/t16-,17-,18-,19+,20-,21+,22+,23-,24-,25+,26+,27-/m1/s1. The highest BCUT2D eigenvalue weighted by atomic mass is 16.3. The summed E-state index contributed by atoms with van der Waals surface area (Å²) in [5.74, 6) is 3.31. The first-order chi connectivity index (χ1) is 14.6. The number of fused-ring (bicyclic) bond motifs is 5. The van der Waals surface area contributed by atoms with Crippen molar-refractivity contribution in [3.63, 3.8) is 0 Å². The molecule has 4 aliphatic rings. The highest BCUT2D eigenvalue weighted by Gasteiger charge is 2.62. The highest BCUT2D eigenvalue weighted by Crippen LogP contribution is 2.68. The fourth-order valence-electron chi connectivity index (χ4n) is 9.22. The third-order valence-corrected chi connectivity index (χ3v) is 11.3. The van der Waals surface area contributed by atoms with E-state index in [2.05, 4.69) is 20.8 Å². The van der Waals surface area contributed by atoms with Gasteiger partial charge in [-0.2, -0.15) is 0 Å². The molecule has 0 unspecified atom stereocenters. The van der Waals surface area contributed by atoms with E-state index < -0.39 is 6.10 Å². The number of hydrogen-bond donors (Lipinski definition) is 4. The molecule has 0 aromatic rings. The van der Waals surface area contributed by atoms with Gasteiger partial charge < -0.3 is 20.4 Å². The van der Waals surface area contributed by atoms with Gasteiger partial charge in [0, 0.05) is 12.5 Å². The Morgan fingerprint density at radius 2 is 1.55 bits per heavy atom. The van der Waals surface area contributed by atoms with E-state index in [1.807, 2.05) is 6.92 Å². The zero-order valence-electron chi connectivity index (χ0n) is 20.3. The van der Waals surface area contributed by atoms with Gasteiger partial charge in [-0.15, -0.1) is 0 Å². The molecule has 0 bridgehead atoms. The molecule has 4 saturated carbocycles. The minimum Gasteiger partial charge on any atom is -0.396 e. The summed E-state index contributed by atoms with van der Waals surface area (Å²) in [4.78, 5) is 0. The van der Waals surface area contributed by atoms with E-state index in [9.17, 15) is 20.4 Å². The van der Waals surface area contributed by atoms with Gasteiger partial charge in [0.2, 0.25) is 0 Å². The van der Waals surface area contributed by atoms with Crippen LogP contribution in [0.1, 0.15) is 91.9 Å². The third-order valence-electron chi connectivity index (χ3n) is 11.3. The van der Waals surface area contributed by atoms with Crippen molar-refractivity contribution in [2.75, 3.05) is 6.61 Å². The first-order valence-corrected chi connectivity index (χ1v) is 13.3. The molecule has 0 aromatic heterocycles. The van der Waals surface area contributed by atoms with E-state index in [0.717, 1.165) is 38.5 Å². The summed E-state index contributed by atoms with van der Waals surface area (Å²) >= 11 is 0. The lowest BCUT2D eigenvalue weighted by Gasteiger charge is -2.62. The van der Waals surface area contributed by atoms with Crippen LogP contribution >= 0.6 is 0 Å². The Labute approximate surface area is 189 Å². The molecule has 4 rings (SSSR count). The summed E-state index contributed by atoms with van der Waals surface area (Å²) < 4.78 is 0. The summed E-state index contributed by atoms with van der Waals surface area (Å²) in [7, 11) is 0. The van der Waals surface area contributed by atoms with Gasteiger partial charge in [0.1, 0.15) is 0 Å². The van der Waals surface area contributed by atoms with E-state index in [1.54, 1.807) is 0 Å². The zero-order valence-corrected chi connectivity index (χ0v) is 20.3. The van der Waals surface area contributed by atoms with Gasteiger partial charge in [-0.3, -0.25) is 0 Å². The smallest absolute Gasteiger partial charge is 0.0587 e. The Morgan fingerprint density at radius 3 is 2.26 bits per heavy atom. The highest BCUT2D eigenvalue weighted by molar-refractivity contribution is 5.11. The molecule has 0 aliphatic heterocycles. The van der Waals surface area contributed by atoms with Crippen LogP contribution in [0.4, 0.5) is 0 Å². The molecular weight excluding hydrogens is 388 g/mol. The SMILES string of the molecule is C[C@H](CO)[C@H](O)CC[C@@H](C)[C@H]1CC[C@H]2[C@@H]3[C@H](O)C[C@H]4C[C@@H](O)CC[C@]4(C)[C@H]3CC[C@]12C. The Kier molecular flexibility index (Phi) is 6.88. The molecule has 0 heterocycles. The molecule has 0 amide bonds. The van der Waals surface area contributed by atoms with Crippen LogP contribution in [-0.4, -0.2) is 45.3 Å². The van der Waals surface area contributed by atoms with Gasteiger partial charge in [-0.25, -0.2) is 0 Å². The Bertz CT molecular complexity index is 624. The molecule has 180 valence electrons. The van der Waals surface area contributed by atoms with Gasteiger partial charge >= 0.3 is 0 Å². The summed E-state index contributed by atoms with van der Waals surface area (Å²) in [6.07, 6.45) is 9.81. The first kappa shape index (κ1) is 24.0. The summed E-state index contributed by atoms with van der Waals surface area (Å²) in [6.45, 7) is 9.34. The normalized spacial score (nSPS) is 50.1. The Balaban J connectivity index is 1.48. The van der Waals surface area contributed by atoms with Gasteiger partial charge in [0.15, 0.2) is 0 Å². The van der Waals surface area contributed by atoms with E-state index in [1.165, 1.54) is 25.7 Å². The van der Waals surface area contributed by atoms with Gasteiger partial charge in [-0.05, 0) is 111 Å². The van der Waals surface area contributed by atoms with Crippen LogP contribution in [0.3, 0.4) is 0 Å². The maximum atomic E-state index is 11.4. The van der Waals surface area contributed by atoms with Crippen LogP contribution in [0.15, 0.2) is 0 Å². The van der Waals surface area contributed by atoms with E-state index >= 15 is 0 Å². The molecule has 0 spiro atoms. The molecule has 4 heteroatoms. The maximum absolute atomic E-state index is 11.4. The molecule has 12 atom stereocenters. The third kappa shape index (κ3) is 4.02. The van der Waals surface area contributed by atoms with Crippen molar-refractivity contribution in [1.29, 1.82) is 0 Å². The van der Waals surface area contributed by atoms with E-state index in [4.69, 9.17) is 0 Å². The van der Waals surface area contributed by atoms with Crippen LogP contribution in [-0.2, 0) is 0 Å².